The van der Waals surface area contributed by atoms with Gasteiger partial charge in [0.2, 0.25) is 0 Å². The van der Waals surface area contributed by atoms with Gasteiger partial charge in [0.25, 0.3) is 0 Å². The Kier molecular flexibility index (Phi) is 3.18. The van der Waals surface area contributed by atoms with Crippen molar-refractivity contribution in [1.29, 1.82) is 0 Å². The fraction of sp³-hybridized carbons (Fsp3) is 0.500. The number of fused-ring (bicyclic) bond motifs is 2. The molecule has 1 aliphatic heterocycles. The van der Waals surface area contributed by atoms with E-state index in [-0.39, 0.29) is 5.92 Å². The van der Waals surface area contributed by atoms with Crippen LogP contribution in [0.15, 0.2) is 23.1 Å². The van der Waals surface area contributed by atoms with Crippen LogP contribution in [0.1, 0.15) is 31.2 Å². The molecule has 1 fully saturated rings. The highest BCUT2D eigenvalue weighted by Crippen LogP contribution is 2.43. The molecule has 1 aromatic rings. The van der Waals surface area contributed by atoms with Crippen LogP contribution in [0.4, 0.5) is 0 Å². The van der Waals surface area contributed by atoms with Gasteiger partial charge in [0.1, 0.15) is 5.78 Å². The monoisotopic (exact) mass is 266 g/mol. The van der Waals surface area contributed by atoms with Crippen LogP contribution in [-0.2, 0) is 11.2 Å². The third-order valence-electron chi connectivity index (χ3n) is 3.76. The molecule has 0 N–H and O–H groups in total. The standard InChI is InChI=1S/C14H15ClOS/c15-10-5-6-13-9(7-10)8-11-12(16)3-1-2-4-14(11)17-13/h5-7,11,14H,1-4,8H2. The molecule has 1 aliphatic carbocycles. The van der Waals surface area contributed by atoms with E-state index >= 15 is 0 Å². The Morgan fingerprint density at radius 1 is 1.29 bits per heavy atom. The fourth-order valence-electron chi connectivity index (χ4n) is 2.85. The zero-order valence-corrected chi connectivity index (χ0v) is 11.2. The highest BCUT2D eigenvalue weighted by Gasteiger charge is 2.35. The molecule has 3 heteroatoms. The summed E-state index contributed by atoms with van der Waals surface area (Å²) in [6.07, 6.45) is 5.12. The molecule has 2 aliphatic rings. The number of hydrogen-bond donors (Lipinski definition) is 0. The van der Waals surface area contributed by atoms with Gasteiger partial charge in [-0.25, -0.2) is 0 Å². The van der Waals surface area contributed by atoms with E-state index in [4.69, 9.17) is 11.6 Å². The minimum atomic E-state index is 0.230. The molecular weight excluding hydrogens is 252 g/mol. The van der Waals surface area contributed by atoms with Gasteiger partial charge in [-0.15, -0.1) is 11.8 Å². The predicted octanol–water partition coefficient (Wildman–Crippen LogP) is 4.12. The van der Waals surface area contributed by atoms with E-state index in [1.807, 2.05) is 23.9 Å². The molecule has 0 radical (unpaired) electrons. The quantitative estimate of drug-likeness (QED) is 0.703. The normalized spacial score (nSPS) is 28.2. The topological polar surface area (TPSA) is 17.1 Å². The third kappa shape index (κ3) is 2.25. The summed E-state index contributed by atoms with van der Waals surface area (Å²) in [5.74, 6) is 0.694. The number of Topliss-reactive ketones (excluding diaryl/α,β-unsaturated/α-hetero) is 1. The third-order valence-corrected chi connectivity index (χ3v) is 5.52. The first kappa shape index (κ1) is 11.6. The minimum absolute atomic E-state index is 0.230. The van der Waals surface area contributed by atoms with Crippen molar-refractivity contribution in [3.8, 4) is 0 Å². The number of ketones is 1. The molecule has 2 atom stereocenters. The maximum absolute atomic E-state index is 12.1. The van der Waals surface area contributed by atoms with Gasteiger partial charge >= 0.3 is 0 Å². The lowest BCUT2D eigenvalue weighted by atomic mass is 9.90. The van der Waals surface area contributed by atoms with Crippen molar-refractivity contribution in [2.75, 3.05) is 0 Å². The molecule has 0 spiro atoms. The van der Waals surface area contributed by atoms with E-state index in [9.17, 15) is 4.79 Å². The van der Waals surface area contributed by atoms with Crippen LogP contribution in [-0.4, -0.2) is 11.0 Å². The summed E-state index contributed by atoms with van der Waals surface area (Å²) < 4.78 is 0. The summed E-state index contributed by atoms with van der Waals surface area (Å²) >= 11 is 7.91. The predicted molar refractivity (Wildman–Crippen MR) is 71.8 cm³/mol. The van der Waals surface area contributed by atoms with Crippen molar-refractivity contribution < 1.29 is 4.79 Å². The van der Waals surface area contributed by atoms with E-state index in [1.165, 1.54) is 23.3 Å². The largest absolute Gasteiger partial charge is 0.299 e. The van der Waals surface area contributed by atoms with Gasteiger partial charge < -0.3 is 0 Å². The maximum Gasteiger partial charge on any atom is 0.137 e. The van der Waals surface area contributed by atoms with Crippen molar-refractivity contribution in [3.05, 3.63) is 28.8 Å². The van der Waals surface area contributed by atoms with E-state index in [0.29, 0.717) is 11.0 Å². The summed E-state index contributed by atoms with van der Waals surface area (Å²) in [5, 5.41) is 1.28. The molecule has 90 valence electrons. The van der Waals surface area contributed by atoms with Crippen LogP contribution in [0.2, 0.25) is 5.02 Å². The fourth-order valence-corrected chi connectivity index (χ4v) is 4.51. The summed E-state index contributed by atoms with van der Waals surface area (Å²) in [7, 11) is 0. The zero-order valence-electron chi connectivity index (χ0n) is 9.62. The second-order valence-electron chi connectivity index (χ2n) is 4.93. The molecule has 1 aromatic carbocycles. The first-order valence-corrected chi connectivity index (χ1v) is 7.47. The van der Waals surface area contributed by atoms with Crippen molar-refractivity contribution in [1.82, 2.24) is 0 Å². The van der Waals surface area contributed by atoms with Gasteiger partial charge in [-0.2, -0.15) is 0 Å². The Hall–Kier alpha value is -0.470. The van der Waals surface area contributed by atoms with Crippen LogP contribution in [0, 0.1) is 5.92 Å². The first-order valence-electron chi connectivity index (χ1n) is 6.22. The lowest BCUT2D eigenvalue weighted by Gasteiger charge is -2.30. The van der Waals surface area contributed by atoms with Crippen molar-refractivity contribution in [2.24, 2.45) is 5.92 Å². The van der Waals surface area contributed by atoms with Crippen LogP contribution < -0.4 is 0 Å². The molecule has 1 heterocycles. The molecule has 3 rings (SSSR count). The summed E-state index contributed by atoms with van der Waals surface area (Å²) in [6.45, 7) is 0. The lowest BCUT2D eigenvalue weighted by molar-refractivity contribution is -0.122. The average molecular weight is 267 g/mol. The molecule has 0 aromatic heterocycles. The van der Waals surface area contributed by atoms with Crippen molar-refractivity contribution >= 4 is 29.1 Å². The van der Waals surface area contributed by atoms with E-state index in [1.54, 1.807) is 0 Å². The minimum Gasteiger partial charge on any atom is -0.299 e. The summed E-state index contributed by atoms with van der Waals surface area (Å²) in [4.78, 5) is 13.4. The van der Waals surface area contributed by atoms with Crippen LogP contribution in [0.25, 0.3) is 0 Å². The number of halogens is 1. The molecule has 0 bridgehead atoms. The van der Waals surface area contributed by atoms with E-state index < -0.39 is 0 Å². The molecular formula is C14H15ClOS. The second-order valence-corrected chi connectivity index (χ2v) is 6.65. The number of benzene rings is 1. The van der Waals surface area contributed by atoms with Gasteiger partial charge in [0.15, 0.2) is 0 Å². The Morgan fingerprint density at radius 3 is 3.06 bits per heavy atom. The van der Waals surface area contributed by atoms with Crippen LogP contribution >= 0.6 is 23.4 Å². The average Bonchev–Trinajstić information content (AvgIpc) is 2.49. The molecule has 17 heavy (non-hydrogen) atoms. The molecule has 0 saturated heterocycles. The Labute approximate surface area is 111 Å². The van der Waals surface area contributed by atoms with Crippen molar-refractivity contribution in [2.45, 2.75) is 42.2 Å². The van der Waals surface area contributed by atoms with Gasteiger partial charge in [0, 0.05) is 27.5 Å². The van der Waals surface area contributed by atoms with Crippen LogP contribution in [0.3, 0.4) is 0 Å². The Morgan fingerprint density at radius 2 is 2.18 bits per heavy atom. The number of hydrogen-bond acceptors (Lipinski definition) is 2. The Bertz CT molecular complexity index is 458. The SMILES string of the molecule is O=C1CCCCC2Sc3ccc(Cl)cc3CC12. The number of thioether (sulfide) groups is 1. The summed E-state index contributed by atoms with van der Waals surface area (Å²) in [5.41, 5.74) is 1.26. The number of carbonyl (C=O) groups excluding carboxylic acids is 1. The number of rotatable bonds is 0. The highest BCUT2D eigenvalue weighted by molar-refractivity contribution is 8.00. The molecule has 1 saturated carbocycles. The van der Waals surface area contributed by atoms with Gasteiger partial charge in [-0.3, -0.25) is 4.79 Å². The van der Waals surface area contributed by atoms with E-state index in [0.717, 1.165) is 24.3 Å². The number of carbonyl (C=O) groups is 1. The van der Waals surface area contributed by atoms with Crippen LogP contribution in [0.5, 0.6) is 0 Å². The van der Waals surface area contributed by atoms with E-state index in [2.05, 4.69) is 6.07 Å². The van der Waals surface area contributed by atoms with Crippen molar-refractivity contribution in [3.63, 3.8) is 0 Å². The molecule has 2 unspecified atom stereocenters. The van der Waals surface area contributed by atoms with Gasteiger partial charge in [-0.05, 0) is 43.0 Å². The molecule has 0 amide bonds. The molecule has 1 nitrogen and oxygen atoms in total. The van der Waals surface area contributed by atoms with Gasteiger partial charge in [-0.1, -0.05) is 18.0 Å². The van der Waals surface area contributed by atoms with Gasteiger partial charge in [0.05, 0.1) is 0 Å². The highest BCUT2D eigenvalue weighted by atomic mass is 35.5. The maximum atomic E-state index is 12.1. The zero-order chi connectivity index (χ0) is 11.8. The Balaban J connectivity index is 1.94. The first-order chi connectivity index (χ1) is 8.24. The lowest BCUT2D eigenvalue weighted by Crippen LogP contribution is -2.29. The second kappa shape index (κ2) is 4.66. The smallest absolute Gasteiger partial charge is 0.137 e. The summed E-state index contributed by atoms with van der Waals surface area (Å²) in [6, 6.07) is 6.08.